The number of carbonyl (C=O) groups excluding carboxylic acids is 2. The number of rotatable bonds is 13. The number of ketones is 1. The van der Waals surface area contributed by atoms with Crippen molar-refractivity contribution in [2.75, 3.05) is 17.3 Å². The number of aliphatic hydroxyl groups excluding tert-OH is 1. The SMILES string of the molecule is CCCc1cc(C(C)=O)ccc1C(O)Sc1nnc(SCCCS(=O)CC(=O)[O-])s1. The predicted molar refractivity (Wildman–Crippen MR) is 119 cm³/mol. The number of nitrogens with zero attached hydrogens (tertiary/aromatic N) is 2. The summed E-state index contributed by atoms with van der Waals surface area (Å²) >= 11 is 4.02. The van der Waals surface area contributed by atoms with Gasteiger partial charge < -0.3 is 15.0 Å². The first-order valence-corrected chi connectivity index (χ1v) is 13.5. The van der Waals surface area contributed by atoms with Gasteiger partial charge in [0.2, 0.25) is 0 Å². The van der Waals surface area contributed by atoms with Crippen molar-refractivity contribution >= 4 is 57.4 Å². The van der Waals surface area contributed by atoms with Crippen molar-refractivity contribution in [3.63, 3.8) is 0 Å². The van der Waals surface area contributed by atoms with Crippen molar-refractivity contribution in [2.24, 2.45) is 0 Å². The number of aliphatic carboxylic acids is 1. The Bertz CT molecular complexity index is 903. The van der Waals surface area contributed by atoms with Crippen LogP contribution in [0.3, 0.4) is 0 Å². The number of hydrogen-bond acceptors (Lipinski definition) is 10. The first-order valence-electron chi connectivity index (χ1n) is 9.29. The lowest BCUT2D eigenvalue weighted by molar-refractivity contribution is -0.301. The van der Waals surface area contributed by atoms with Crippen LogP contribution in [0.4, 0.5) is 0 Å². The van der Waals surface area contributed by atoms with Crippen LogP contribution in [-0.2, 0) is 22.0 Å². The van der Waals surface area contributed by atoms with Crippen LogP contribution in [0.25, 0.3) is 0 Å². The maximum Gasteiger partial charge on any atom is 0.177 e. The van der Waals surface area contributed by atoms with Crippen molar-refractivity contribution < 1.29 is 24.0 Å². The number of carbonyl (C=O) groups is 2. The maximum absolute atomic E-state index is 11.6. The minimum Gasteiger partial charge on any atom is -0.549 e. The molecule has 0 saturated carbocycles. The molecule has 2 rings (SSSR count). The minimum atomic E-state index is -1.41. The second-order valence-electron chi connectivity index (χ2n) is 6.39. The number of benzene rings is 1. The van der Waals surface area contributed by atoms with E-state index in [9.17, 15) is 24.0 Å². The van der Waals surface area contributed by atoms with Crippen LogP contribution in [0.2, 0.25) is 0 Å². The summed E-state index contributed by atoms with van der Waals surface area (Å²) in [5.74, 6) is -0.793. The monoisotopic (exact) mass is 487 g/mol. The highest BCUT2D eigenvalue weighted by Gasteiger charge is 2.18. The topological polar surface area (TPSA) is 120 Å². The zero-order chi connectivity index (χ0) is 22.1. The fourth-order valence-electron chi connectivity index (χ4n) is 2.60. The van der Waals surface area contributed by atoms with Crippen molar-refractivity contribution in [1.29, 1.82) is 0 Å². The van der Waals surface area contributed by atoms with Crippen LogP contribution in [0.5, 0.6) is 0 Å². The van der Waals surface area contributed by atoms with Crippen molar-refractivity contribution in [2.45, 2.75) is 47.2 Å². The molecule has 7 nitrogen and oxygen atoms in total. The van der Waals surface area contributed by atoms with Crippen LogP contribution in [0, 0.1) is 0 Å². The van der Waals surface area contributed by atoms with Gasteiger partial charge in [-0.2, -0.15) is 0 Å². The Morgan fingerprint density at radius 3 is 2.70 bits per heavy atom. The fourth-order valence-corrected chi connectivity index (χ4v) is 6.75. The first kappa shape index (κ1) is 25.0. The number of carboxylic acids is 1. The van der Waals surface area contributed by atoms with Crippen LogP contribution in [0.15, 0.2) is 26.9 Å². The molecule has 2 atom stereocenters. The average molecular weight is 488 g/mol. The van der Waals surface area contributed by atoms with Gasteiger partial charge in [0.25, 0.3) is 0 Å². The molecule has 0 aliphatic carbocycles. The Morgan fingerprint density at radius 1 is 1.30 bits per heavy atom. The summed E-state index contributed by atoms with van der Waals surface area (Å²) in [5, 5.41) is 29.3. The molecule has 164 valence electrons. The molecule has 0 radical (unpaired) electrons. The van der Waals surface area contributed by atoms with Gasteiger partial charge in [-0.05, 0) is 37.0 Å². The highest BCUT2D eigenvalue weighted by Crippen LogP contribution is 2.38. The second-order valence-corrected chi connectivity index (χ2v) is 11.6. The third kappa shape index (κ3) is 8.10. The van der Waals surface area contributed by atoms with E-state index in [-0.39, 0.29) is 5.78 Å². The molecule has 0 bridgehead atoms. The lowest BCUT2D eigenvalue weighted by Gasteiger charge is -2.14. The highest BCUT2D eigenvalue weighted by atomic mass is 32.2. The van der Waals surface area contributed by atoms with Gasteiger partial charge in [-0.25, -0.2) is 0 Å². The maximum atomic E-state index is 11.6. The summed E-state index contributed by atoms with van der Waals surface area (Å²) in [4.78, 5) is 22.0. The minimum absolute atomic E-state index is 0.00436. The van der Waals surface area contributed by atoms with Crippen LogP contribution < -0.4 is 5.11 Å². The molecule has 2 aromatic rings. The molecular formula is C19H23N2O5S4-. The lowest BCUT2D eigenvalue weighted by atomic mass is 9.99. The van der Waals surface area contributed by atoms with E-state index in [1.165, 1.54) is 41.8 Å². The summed E-state index contributed by atoms with van der Waals surface area (Å²) in [6, 6.07) is 5.37. The van der Waals surface area contributed by atoms with Gasteiger partial charge in [-0.3, -0.25) is 9.00 Å². The third-order valence-electron chi connectivity index (χ3n) is 3.96. The van der Waals surface area contributed by atoms with Gasteiger partial charge in [0.1, 0.15) is 5.44 Å². The Hall–Kier alpha value is -1.27. The lowest BCUT2D eigenvalue weighted by Crippen LogP contribution is -2.29. The van der Waals surface area contributed by atoms with E-state index >= 15 is 0 Å². The van der Waals surface area contributed by atoms with E-state index in [1.54, 1.807) is 12.1 Å². The molecule has 0 aliphatic rings. The Labute approximate surface area is 190 Å². The molecule has 1 aromatic carbocycles. The number of aliphatic hydroxyl groups is 1. The van der Waals surface area contributed by atoms with E-state index in [0.717, 1.165) is 28.3 Å². The third-order valence-corrected chi connectivity index (χ3v) is 8.49. The van der Waals surface area contributed by atoms with E-state index in [2.05, 4.69) is 10.2 Å². The number of Topliss-reactive ketones (excluding diaryl/α,β-unsaturated/α-hetero) is 1. The molecule has 0 aliphatic heterocycles. The molecule has 11 heteroatoms. The molecule has 1 aromatic heterocycles. The molecule has 0 amide bonds. The molecule has 1 heterocycles. The zero-order valence-corrected chi connectivity index (χ0v) is 19.9. The molecule has 30 heavy (non-hydrogen) atoms. The van der Waals surface area contributed by atoms with Crippen molar-refractivity contribution in [3.05, 3.63) is 34.9 Å². The molecule has 0 spiro atoms. The second kappa shape index (κ2) is 12.6. The van der Waals surface area contributed by atoms with Gasteiger partial charge in [-0.1, -0.05) is 60.3 Å². The number of aryl methyl sites for hydroxylation is 1. The predicted octanol–water partition coefficient (Wildman–Crippen LogP) is 2.46. The van der Waals surface area contributed by atoms with Crippen LogP contribution in [0.1, 0.15) is 53.6 Å². The molecule has 0 fully saturated rings. The average Bonchev–Trinajstić information content (AvgIpc) is 3.12. The van der Waals surface area contributed by atoms with Gasteiger partial charge in [-0.15, -0.1) is 10.2 Å². The van der Waals surface area contributed by atoms with Gasteiger partial charge in [0, 0.05) is 27.9 Å². The molecular weight excluding hydrogens is 464 g/mol. The smallest absolute Gasteiger partial charge is 0.177 e. The number of thioether (sulfide) groups is 2. The number of hydrogen-bond donors (Lipinski definition) is 1. The summed E-state index contributed by atoms with van der Waals surface area (Å²) in [6.45, 7) is 3.57. The zero-order valence-electron chi connectivity index (χ0n) is 16.7. The fraction of sp³-hybridized carbons (Fsp3) is 0.474. The molecule has 2 unspecified atom stereocenters. The summed E-state index contributed by atoms with van der Waals surface area (Å²) in [7, 11) is -1.41. The van der Waals surface area contributed by atoms with Gasteiger partial charge in [0.05, 0.1) is 11.7 Å². The Balaban J connectivity index is 1.91. The molecule has 1 N–H and O–H groups in total. The highest BCUT2D eigenvalue weighted by molar-refractivity contribution is 8.03. The standard InChI is InChI=1S/C19H24N2O5S4/c1-3-5-14-10-13(12(2)22)6-7-15(14)17(25)28-19-21-20-18(29-19)27-8-4-9-30(26)11-16(23)24/h6-7,10,17,25H,3-5,8-9,11H2,1-2H3,(H,23,24)/p-1. The van der Waals surface area contributed by atoms with Crippen LogP contribution in [-0.4, -0.2) is 48.5 Å². The van der Waals surface area contributed by atoms with E-state index in [1.807, 2.05) is 13.0 Å². The number of aromatic nitrogens is 2. The Morgan fingerprint density at radius 2 is 2.03 bits per heavy atom. The summed E-state index contributed by atoms with van der Waals surface area (Å²) < 4.78 is 12.8. The van der Waals surface area contributed by atoms with Crippen molar-refractivity contribution in [1.82, 2.24) is 10.2 Å². The molecule has 0 saturated heterocycles. The van der Waals surface area contributed by atoms with Crippen molar-refractivity contribution in [3.8, 4) is 0 Å². The Kier molecular flexibility index (Phi) is 10.5. The van der Waals surface area contributed by atoms with E-state index in [4.69, 9.17) is 0 Å². The van der Waals surface area contributed by atoms with E-state index < -0.39 is 28.0 Å². The van der Waals surface area contributed by atoms with Gasteiger partial charge in [0.15, 0.2) is 14.5 Å². The largest absolute Gasteiger partial charge is 0.549 e. The quantitative estimate of drug-likeness (QED) is 0.196. The van der Waals surface area contributed by atoms with Gasteiger partial charge >= 0.3 is 0 Å². The first-order chi connectivity index (χ1) is 14.3. The van der Waals surface area contributed by atoms with E-state index in [0.29, 0.717) is 27.8 Å². The summed E-state index contributed by atoms with van der Waals surface area (Å²) in [6.07, 6.45) is 2.27. The van der Waals surface area contributed by atoms with Crippen LogP contribution >= 0.6 is 34.9 Å². The normalized spacial score (nSPS) is 13.2. The number of carboxylic acid groups (broad SMARTS) is 1. The summed E-state index contributed by atoms with van der Waals surface area (Å²) in [5.41, 5.74) is 1.54.